The first-order valence-electron chi connectivity index (χ1n) is 5.67. The quantitative estimate of drug-likeness (QED) is 0.627. The van der Waals surface area contributed by atoms with E-state index in [-0.39, 0.29) is 18.1 Å². The van der Waals surface area contributed by atoms with Crippen LogP contribution in [-0.2, 0) is 14.3 Å². The van der Waals surface area contributed by atoms with Crippen LogP contribution in [0.3, 0.4) is 0 Å². The molecule has 0 aliphatic carbocycles. The van der Waals surface area contributed by atoms with E-state index in [1.165, 1.54) is 11.3 Å². The summed E-state index contributed by atoms with van der Waals surface area (Å²) in [5.41, 5.74) is 0. The van der Waals surface area contributed by atoms with Gasteiger partial charge >= 0.3 is 5.97 Å². The van der Waals surface area contributed by atoms with Crippen molar-refractivity contribution in [1.82, 2.24) is 4.90 Å². The van der Waals surface area contributed by atoms with Gasteiger partial charge in [-0.05, 0) is 36.9 Å². The van der Waals surface area contributed by atoms with E-state index < -0.39 is 17.1 Å². The van der Waals surface area contributed by atoms with Gasteiger partial charge in [-0.25, -0.2) is 0 Å². The van der Waals surface area contributed by atoms with E-state index in [0.717, 1.165) is 21.5 Å². The number of ether oxygens (including phenoxy) is 1. The van der Waals surface area contributed by atoms with Gasteiger partial charge in [-0.3, -0.25) is 19.3 Å². The molecular weight excluding hydrogens is 322 g/mol. The average molecular weight is 332 g/mol. The van der Waals surface area contributed by atoms with Gasteiger partial charge in [0.2, 0.25) is 0 Å². The Kier molecular flexibility index (Phi) is 4.85. The van der Waals surface area contributed by atoms with E-state index in [2.05, 4.69) is 0 Å². The molecule has 8 heteroatoms. The van der Waals surface area contributed by atoms with Crippen LogP contribution < -0.4 is 0 Å². The van der Waals surface area contributed by atoms with E-state index in [0.29, 0.717) is 4.34 Å². The maximum absolute atomic E-state index is 12.0. The molecule has 1 aromatic heterocycles. The minimum absolute atomic E-state index is 0.207. The highest BCUT2D eigenvalue weighted by atomic mass is 35.5. The topological polar surface area (TPSA) is 63.7 Å². The van der Waals surface area contributed by atoms with Gasteiger partial charge in [0, 0.05) is 4.88 Å². The molecule has 0 bridgehead atoms. The molecule has 1 aliphatic rings. The monoisotopic (exact) mass is 331 g/mol. The first-order valence-corrected chi connectivity index (χ1v) is 7.68. The number of halogens is 1. The van der Waals surface area contributed by atoms with Gasteiger partial charge in [0.1, 0.15) is 6.54 Å². The van der Waals surface area contributed by atoms with Crippen molar-refractivity contribution in [3.63, 3.8) is 0 Å². The van der Waals surface area contributed by atoms with Gasteiger partial charge in [-0.2, -0.15) is 0 Å². The fourth-order valence-corrected chi connectivity index (χ4v) is 3.42. The summed E-state index contributed by atoms with van der Waals surface area (Å²) in [4.78, 5) is 37.0. The molecule has 0 radical (unpaired) electrons. The summed E-state index contributed by atoms with van der Waals surface area (Å²) in [6, 6.07) is 3.47. The van der Waals surface area contributed by atoms with Gasteiger partial charge in [0.05, 0.1) is 15.8 Å². The third-order valence-corrected chi connectivity index (χ3v) is 4.42. The molecule has 0 saturated carbocycles. The Hall–Kier alpha value is -1.31. The molecular formula is C12H10ClNO4S2. The minimum atomic E-state index is -0.602. The molecule has 106 valence electrons. The van der Waals surface area contributed by atoms with E-state index in [4.69, 9.17) is 16.3 Å². The largest absolute Gasteiger partial charge is 0.465 e. The molecule has 0 unspecified atom stereocenters. The molecule has 1 saturated heterocycles. The van der Waals surface area contributed by atoms with Gasteiger partial charge in [-0.15, -0.1) is 11.3 Å². The molecule has 1 fully saturated rings. The maximum atomic E-state index is 12.0. The van der Waals surface area contributed by atoms with Crippen molar-refractivity contribution in [2.75, 3.05) is 13.2 Å². The zero-order valence-corrected chi connectivity index (χ0v) is 12.8. The molecule has 2 heterocycles. The number of rotatable bonds is 4. The van der Waals surface area contributed by atoms with E-state index in [9.17, 15) is 14.4 Å². The number of hydrogen-bond acceptors (Lipinski definition) is 6. The second-order valence-electron chi connectivity index (χ2n) is 3.71. The molecule has 0 N–H and O–H groups in total. The van der Waals surface area contributed by atoms with Crippen LogP contribution in [-0.4, -0.2) is 35.2 Å². The predicted octanol–water partition coefficient (Wildman–Crippen LogP) is 3.00. The fourth-order valence-electron chi connectivity index (χ4n) is 1.51. The van der Waals surface area contributed by atoms with Crippen molar-refractivity contribution >= 4 is 57.9 Å². The smallest absolute Gasteiger partial charge is 0.326 e. The molecule has 1 aliphatic heterocycles. The van der Waals surface area contributed by atoms with Crippen molar-refractivity contribution < 1.29 is 19.1 Å². The van der Waals surface area contributed by atoms with Crippen LogP contribution in [0.15, 0.2) is 17.0 Å². The second kappa shape index (κ2) is 6.43. The third-order valence-electron chi connectivity index (χ3n) is 2.33. The number of amides is 2. The molecule has 0 spiro atoms. The highest BCUT2D eigenvalue weighted by Crippen LogP contribution is 2.34. The highest BCUT2D eigenvalue weighted by Gasteiger charge is 2.36. The summed E-state index contributed by atoms with van der Waals surface area (Å²) in [6.45, 7) is 1.51. The third kappa shape index (κ3) is 3.41. The summed E-state index contributed by atoms with van der Waals surface area (Å²) in [5, 5.41) is -0.475. The summed E-state index contributed by atoms with van der Waals surface area (Å²) in [7, 11) is 0. The molecule has 1 aromatic rings. The van der Waals surface area contributed by atoms with Gasteiger partial charge < -0.3 is 4.74 Å². The first-order chi connectivity index (χ1) is 9.51. The van der Waals surface area contributed by atoms with Crippen molar-refractivity contribution in [2.45, 2.75) is 6.92 Å². The molecule has 2 rings (SSSR count). The van der Waals surface area contributed by atoms with Crippen LogP contribution >= 0.6 is 34.7 Å². The van der Waals surface area contributed by atoms with Crippen LogP contribution in [0.1, 0.15) is 11.8 Å². The Morgan fingerprint density at radius 3 is 2.80 bits per heavy atom. The first kappa shape index (κ1) is 15.1. The molecule has 5 nitrogen and oxygen atoms in total. The highest BCUT2D eigenvalue weighted by molar-refractivity contribution is 8.18. The van der Waals surface area contributed by atoms with Crippen LogP contribution in [0.2, 0.25) is 4.34 Å². The van der Waals surface area contributed by atoms with Crippen molar-refractivity contribution in [2.24, 2.45) is 0 Å². The minimum Gasteiger partial charge on any atom is -0.465 e. The van der Waals surface area contributed by atoms with Crippen molar-refractivity contribution in [1.29, 1.82) is 0 Å². The van der Waals surface area contributed by atoms with Crippen LogP contribution in [0, 0.1) is 0 Å². The van der Waals surface area contributed by atoms with Crippen molar-refractivity contribution in [3.05, 3.63) is 26.3 Å². The van der Waals surface area contributed by atoms with E-state index >= 15 is 0 Å². The average Bonchev–Trinajstić information content (AvgIpc) is 2.89. The van der Waals surface area contributed by atoms with Crippen LogP contribution in [0.25, 0.3) is 6.08 Å². The van der Waals surface area contributed by atoms with Gasteiger partial charge in [0.15, 0.2) is 0 Å². The molecule has 20 heavy (non-hydrogen) atoms. The SMILES string of the molecule is CCOC(=O)CN1C(=O)S/C(=C\c2ccc(Cl)s2)C1=O. The summed E-state index contributed by atoms with van der Waals surface area (Å²) < 4.78 is 5.33. The Balaban J connectivity index is 2.12. The number of nitrogens with zero attached hydrogens (tertiary/aromatic N) is 1. The predicted molar refractivity (Wildman–Crippen MR) is 78.6 cm³/mol. The lowest BCUT2D eigenvalue weighted by Crippen LogP contribution is -2.34. The Bertz CT molecular complexity index is 596. The molecule has 2 amide bonds. The number of hydrogen-bond donors (Lipinski definition) is 0. The number of thioether (sulfide) groups is 1. The van der Waals surface area contributed by atoms with Gasteiger partial charge in [-0.1, -0.05) is 11.6 Å². The number of carbonyl (C=O) groups excluding carboxylic acids is 3. The Morgan fingerprint density at radius 1 is 1.45 bits per heavy atom. The summed E-state index contributed by atoms with van der Waals surface area (Å²) in [6.07, 6.45) is 1.59. The summed E-state index contributed by atoms with van der Waals surface area (Å²) in [5.74, 6) is -1.09. The zero-order chi connectivity index (χ0) is 14.7. The molecule has 0 aromatic carbocycles. The number of thiophene rings is 1. The second-order valence-corrected chi connectivity index (χ2v) is 6.45. The van der Waals surface area contributed by atoms with Crippen molar-refractivity contribution in [3.8, 4) is 0 Å². The van der Waals surface area contributed by atoms with Crippen LogP contribution in [0.5, 0.6) is 0 Å². The normalized spacial score (nSPS) is 17.1. The zero-order valence-electron chi connectivity index (χ0n) is 10.4. The number of imide groups is 1. The van der Waals surface area contributed by atoms with Crippen LogP contribution in [0.4, 0.5) is 4.79 Å². The summed E-state index contributed by atoms with van der Waals surface area (Å²) >= 11 is 7.91. The number of esters is 1. The lowest BCUT2D eigenvalue weighted by atomic mass is 10.3. The Morgan fingerprint density at radius 2 is 2.20 bits per heavy atom. The Labute approximate surface area is 128 Å². The lowest BCUT2D eigenvalue weighted by molar-refractivity contribution is -0.145. The molecule has 0 atom stereocenters. The van der Waals surface area contributed by atoms with Gasteiger partial charge in [0.25, 0.3) is 11.1 Å². The number of carbonyl (C=O) groups is 3. The standard InChI is InChI=1S/C12H10ClNO4S2/c1-2-18-10(15)6-14-11(16)8(20-12(14)17)5-7-3-4-9(13)19-7/h3-5H,2,6H2,1H3/b8-5-. The fraction of sp³-hybridized carbons (Fsp3) is 0.250. The lowest BCUT2D eigenvalue weighted by Gasteiger charge is -2.10. The van der Waals surface area contributed by atoms with E-state index in [1.807, 2.05) is 0 Å². The maximum Gasteiger partial charge on any atom is 0.326 e. The van der Waals surface area contributed by atoms with E-state index in [1.54, 1.807) is 25.1 Å².